The zero-order chi connectivity index (χ0) is 17.1. The molecule has 2 aromatic heterocycles. The van der Waals surface area contributed by atoms with E-state index in [0.29, 0.717) is 24.5 Å². The van der Waals surface area contributed by atoms with Gasteiger partial charge in [0.1, 0.15) is 6.61 Å². The summed E-state index contributed by atoms with van der Waals surface area (Å²) in [7, 11) is 0. The van der Waals surface area contributed by atoms with Gasteiger partial charge in [0.25, 0.3) is 5.91 Å². The smallest absolute Gasteiger partial charge is 0.264 e. The molecular weight excluding hydrogens is 340 g/mol. The number of hydrogen-bond acceptors (Lipinski definition) is 6. The molecule has 0 aliphatic carbocycles. The van der Waals surface area contributed by atoms with Gasteiger partial charge >= 0.3 is 0 Å². The molecule has 0 saturated carbocycles. The molecule has 0 bridgehead atoms. The van der Waals surface area contributed by atoms with Crippen LogP contribution in [-0.4, -0.2) is 39.9 Å². The van der Waals surface area contributed by atoms with Gasteiger partial charge in [-0.25, -0.2) is 9.67 Å². The maximum atomic E-state index is 12.2. The van der Waals surface area contributed by atoms with E-state index in [1.165, 1.54) is 11.3 Å². The van der Waals surface area contributed by atoms with Crippen LogP contribution in [0, 0.1) is 0 Å². The maximum Gasteiger partial charge on any atom is 0.264 e. The third-order valence-corrected chi connectivity index (χ3v) is 4.60. The van der Waals surface area contributed by atoms with Gasteiger partial charge < -0.3 is 14.8 Å². The van der Waals surface area contributed by atoms with Gasteiger partial charge in [0.05, 0.1) is 5.69 Å². The van der Waals surface area contributed by atoms with Crippen LogP contribution in [0.2, 0.25) is 0 Å². The van der Waals surface area contributed by atoms with Crippen LogP contribution < -0.4 is 14.8 Å². The molecule has 1 amide bonds. The third kappa shape index (κ3) is 3.48. The number of rotatable bonds is 5. The number of hydrogen-bond donors (Lipinski definition) is 1. The quantitative estimate of drug-likeness (QED) is 0.755. The number of thiazole rings is 1. The SMILES string of the molecule is O=C(NCCc1csc(-n2cccn2)n1)C1COc2ccccc2O1. The number of nitrogens with zero attached hydrogens (tertiary/aromatic N) is 3. The Morgan fingerprint density at radius 1 is 1.32 bits per heavy atom. The van der Waals surface area contributed by atoms with Gasteiger partial charge in [-0.2, -0.15) is 5.10 Å². The molecule has 3 heterocycles. The molecule has 0 fully saturated rings. The van der Waals surface area contributed by atoms with E-state index in [1.807, 2.05) is 35.8 Å². The molecule has 0 saturated heterocycles. The van der Waals surface area contributed by atoms with Gasteiger partial charge in [0, 0.05) is 30.7 Å². The molecule has 0 radical (unpaired) electrons. The van der Waals surface area contributed by atoms with Crippen molar-refractivity contribution in [1.29, 1.82) is 0 Å². The Morgan fingerprint density at radius 2 is 2.20 bits per heavy atom. The normalized spacial score (nSPS) is 15.8. The molecule has 1 aliphatic rings. The van der Waals surface area contributed by atoms with E-state index in [9.17, 15) is 4.79 Å². The van der Waals surface area contributed by atoms with Crippen molar-refractivity contribution >= 4 is 17.2 Å². The fourth-order valence-corrected chi connectivity index (χ4v) is 3.27. The van der Waals surface area contributed by atoms with Crippen molar-refractivity contribution in [1.82, 2.24) is 20.1 Å². The standard InChI is InChI=1S/C17H16N4O3S/c22-16(15-10-23-13-4-1-2-5-14(13)24-15)18-8-6-12-11-25-17(20-12)21-9-3-7-19-21/h1-5,7,9,11,15H,6,8,10H2,(H,18,22). The number of benzene rings is 1. The molecule has 0 spiro atoms. The summed E-state index contributed by atoms with van der Waals surface area (Å²) in [5.74, 6) is 1.08. The number of fused-ring (bicyclic) bond motifs is 1. The fraction of sp³-hybridized carbons (Fsp3) is 0.235. The van der Waals surface area contributed by atoms with Crippen LogP contribution in [-0.2, 0) is 11.2 Å². The van der Waals surface area contributed by atoms with Crippen LogP contribution in [0.4, 0.5) is 0 Å². The summed E-state index contributed by atoms with van der Waals surface area (Å²) in [6.45, 7) is 0.700. The van der Waals surface area contributed by atoms with Gasteiger partial charge in [-0.05, 0) is 18.2 Å². The Balaban J connectivity index is 1.28. The molecule has 8 heteroatoms. The van der Waals surface area contributed by atoms with Gasteiger partial charge in [-0.15, -0.1) is 11.3 Å². The number of carbonyl (C=O) groups is 1. The Hall–Kier alpha value is -2.87. The average molecular weight is 356 g/mol. The van der Waals surface area contributed by atoms with E-state index in [0.717, 1.165) is 10.8 Å². The van der Waals surface area contributed by atoms with Gasteiger partial charge in [-0.3, -0.25) is 4.79 Å². The first-order valence-electron chi connectivity index (χ1n) is 7.90. The van der Waals surface area contributed by atoms with Crippen LogP contribution in [0.15, 0.2) is 48.1 Å². The van der Waals surface area contributed by atoms with Crippen LogP contribution in [0.1, 0.15) is 5.69 Å². The Labute approximate surface area is 148 Å². The van der Waals surface area contributed by atoms with Gasteiger partial charge in [-0.1, -0.05) is 12.1 Å². The highest BCUT2D eigenvalue weighted by Gasteiger charge is 2.26. The maximum absolute atomic E-state index is 12.2. The predicted molar refractivity (Wildman–Crippen MR) is 92.3 cm³/mol. The minimum Gasteiger partial charge on any atom is -0.485 e. The first-order valence-corrected chi connectivity index (χ1v) is 8.78. The van der Waals surface area contributed by atoms with E-state index in [2.05, 4.69) is 15.4 Å². The van der Waals surface area contributed by atoms with Crippen LogP contribution >= 0.6 is 11.3 Å². The number of carbonyl (C=O) groups excluding carboxylic acids is 1. The van der Waals surface area contributed by atoms with E-state index < -0.39 is 6.10 Å². The van der Waals surface area contributed by atoms with Gasteiger partial charge in [0.15, 0.2) is 11.5 Å². The highest BCUT2D eigenvalue weighted by molar-refractivity contribution is 7.12. The molecule has 1 unspecified atom stereocenters. The summed E-state index contributed by atoms with van der Waals surface area (Å²) < 4.78 is 13.0. The highest BCUT2D eigenvalue weighted by Crippen LogP contribution is 2.30. The summed E-state index contributed by atoms with van der Waals surface area (Å²) in [6, 6.07) is 9.19. The summed E-state index contributed by atoms with van der Waals surface area (Å²) in [5, 5.41) is 9.81. The monoisotopic (exact) mass is 356 g/mol. The number of ether oxygens (including phenoxy) is 2. The Kier molecular flexibility index (Phi) is 4.34. The molecule has 7 nitrogen and oxygen atoms in total. The molecule has 3 aromatic rings. The molecule has 1 aliphatic heterocycles. The minimum atomic E-state index is -0.634. The third-order valence-electron chi connectivity index (χ3n) is 3.72. The number of nitrogens with one attached hydrogen (secondary N) is 1. The summed E-state index contributed by atoms with van der Waals surface area (Å²) in [5.41, 5.74) is 0.918. The van der Waals surface area contributed by atoms with Gasteiger partial charge in [0.2, 0.25) is 11.2 Å². The second-order valence-electron chi connectivity index (χ2n) is 5.48. The Morgan fingerprint density at radius 3 is 3.04 bits per heavy atom. The van der Waals surface area contributed by atoms with Crippen LogP contribution in [0.3, 0.4) is 0 Å². The topological polar surface area (TPSA) is 78.3 Å². The van der Waals surface area contributed by atoms with Crippen molar-refractivity contribution in [3.63, 3.8) is 0 Å². The first kappa shape index (κ1) is 15.6. The minimum absolute atomic E-state index is 0.183. The molecule has 1 N–H and O–H groups in total. The van der Waals surface area contributed by atoms with Crippen molar-refractivity contribution in [3.8, 4) is 16.6 Å². The van der Waals surface area contributed by atoms with Crippen LogP contribution in [0.25, 0.3) is 5.13 Å². The second-order valence-corrected chi connectivity index (χ2v) is 6.31. The van der Waals surface area contributed by atoms with Crippen LogP contribution in [0.5, 0.6) is 11.5 Å². The molecule has 1 aromatic carbocycles. The average Bonchev–Trinajstić information content (AvgIpc) is 3.32. The Bertz CT molecular complexity index is 862. The first-order chi connectivity index (χ1) is 12.3. The lowest BCUT2D eigenvalue weighted by atomic mass is 10.2. The largest absolute Gasteiger partial charge is 0.485 e. The number of aromatic nitrogens is 3. The fourth-order valence-electron chi connectivity index (χ4n) is 2.47. The molecule has 4 rings (SSSR count). The predicted octanol–water partition coefficient (Wildman–Crippen LogP) is 1.83. The van der Waals surface area contributed by atoms with E-state index in [1.54, 1.807) is 16.9 Å². The summed E-state index contributed by atoms with van der Waals surface area (Å²) in [4.78, 5) is 16.7. The van der Waals surface area contributed by atoms with Crippen molar-refractivity contribution < 1.29 is 14.3 Å². The molecule has 25 heavy (non-hydrogen) atoms. The van der Waals surface area contributed by atoms with E-state index >= 15 is 0 Å². The van der Waals surface area contributed by atoms with Crippen molar-refractivity contribution in [3.05, 3.63) is 53.8 Å². The second kappa shape index (κ2) is 6.94. The molecule has 1 atom stereocenters. The lowest BCUT2D eigenvalue weighted by molar-refractivity contribution is -0.130. The van der Waals surface area contributed by atoms with E-state index in [-0.39, 0.29) is 12.5 Å². The van der Waals surface area contributed by atoms with E-state index in [4.69, 9.17) is 9.47 Å². The lowest BCUT2D eigenvalue weighted by Gasteiger charge is -2.25. The molecular formula is C17H16N4O3S. The lowest BCUT2D eigenvalue weighted by Crippen LogP contribution is -2.44. The van der Waals surface area contributed by atoms with Crippen molar-refractivity contribution in [2.75, 3.05) is 13.2 Å². The number of para-hydroxylation sites is 2. The van der Waals surface area contributed by atoms with Crippen molar-refractivity contribution in [2.45, 2.75) is 12.5 Å². The zero-order valence-electron chi connectivity index (χ0n) is 13.3. The number of amides is 1. The summed E-state index contributed by atoms with van der Waals surface area (Å²) in [6.07, 6.45) is 3.58. The van der Waals surface area contributed by atoms with Crippen molar-refractivity contribution in [2.24, 2.45) is 0 Å². The highest BCUT2D eigenvalue weighted by atomic mass is 32.1. The summed E-state index contributed by atoms with van der Waals surface area (Å²) >= 11 is 1.52. The molecule has 128 valence electrons. The zero-order valence-corrected chi connectivity index (χ0v) is 14.1.